The van der Waals surface area contributed by atoms with E-state index in [1.54, 1.807) is 24.3 Å². The molecule has 0 fully saturated rings. The SMILES string of the molecule is CC(O)(C(=O)Nc1ccc(Sc2ccccc2NC(N)=O)cc1Cl)C(F)(F)F. The van der Waals surface area contributed by atoms with Crippen LogP contribution in [-0.4, -0.2) is 28.8 Å². The monoisotopic (exact) mass is 433 g/mol. The molecule has 2 aromatic rings. The minimum atomic E-state index is -5.14. The number of halogens is 4. The number of benzene rings is 2. The fraction of sp³-hybridized carbons (Fsp3) is 0.176. The maximum atomic E-state index is 12.7. The highest BCUT2D eigenvalue weighted by Crippen LogP contribution is 2.37. The van der Waals surface area contributed by atoms with Crippen molar-refractivity contribution in [2.45, 2.75) is 28.5 Å². The third-order valence-electron chi connectivity index (χ3n) is 3.56. The quantitative estimate of drug-likeness (QED) is 0.566. The summed E-state index contributed by atoms with van der Waals surface area (Å²) < 4.78 is 38.2. The molecule has 3 amide bonds. The number of carbonyl (C=O) groups is 2. The predicted molar refractivity (Wildman–Crippen MR) is 101 cm³/mol. The summed E-state index contributed by atoms with van der Waals surface area (Å²) >= 11 is 7.26. The first kappa shape index (κ1) is 21.9. The Kier molecular flexibility index (Phi) is 6.48. The van der Waals surface area contributed by atoms with Crippen LogP contribution in [0.25, 0.3) is 0 Å². The summed E-state index contributed by atoms with van der Waals surface area (Å²) in [6, 6.07) is 10.3. The van der Waals surface area contributed by atoms with Crippen molar-refractivity contribution < 1.29 is 27.9 Å². The topological polar surface area (TPSA) is 104 Å². The first-order valence-corrected chi connectivity index (χ1v) is 8.84. The van der Waals surface area contributed by atoms with Gasteiger partial charge < -0.3 is 21.5 Å². The molecule has 0 bridgehead atoms. The van der Waals surface area contributed by atoms with E-state index in [4.69, 9.17) is 17.3 Å². The standard InChI is InChI=1S/C17H15ClF3N3O3S/c1-16(27,17(19,20)21)14(25)23-11-7-6-9(8-10(11)18)28-13-5-3-2-4-12(13)24-15(22)26/h2-8,27H,1H3,(H,23,25)(H3,22,24,26). The molecule has 0 aliphatic rings. The Morgan fingerprint density at radius 2 is 1.75 bits per heavy atom. The Morgan fingerprint density at radius 3 is 2.32 bits per heavy atom. The second-order valence-corrected chi connectivity index (χ2v) is 7.28. The Balaban J connectivity index is 2.20. The number of alkyl halides is 3. The molecule has 28 heavy (non-hydrogen) atoms. The molecular formula is C17H15ClF3N3O3S. The first-order valence-electron chi connectivity index (χ1n) is 7.65. The Bertz CT molecular complexity index is 907. The lowest BCUT2D eigenvalue weighted by molar-refractivity contribution is -0.242. The molecule has 6 nitrogen and oxygen atoms in total. The van der Waals surface area contributed by atoms with Gasteiger partial charge in [-0.2, -0.15) is 13.2 Å². The Labute approximate surface area is 167 Å². The van der Waals surface area contributed by atoms with Crippen LogP contribution in [-0.2, 0) is 4.79 Å². The number of primary amides is 1. The van der Waals surface area contributed by atoms with Gasteiger partial charge in [0, 0.05) is 9.79 Å². The number of urea groups is 1. The summed E-state index contributed by atoms with van der Waals surface area (Å²) in [6.45, 7) is 0.350. The summed E-state index contributed by atoms with van der Waals surface area (Å²) in [5, 5.41) is 13.8. The molecule has 0 saturated carbocycles. The fourth-order valence-corrected chi connectivity index (χ4v) is 3.19. The summed E-state index contributed by atoms with van der Waals surface area (Å²) in [7, 11) is 0. The van der Waals surface area contributed by atoms with Crippen molar-refractivity contribution >= 4 is 46.7 Å². The number of nitrogens with two attached hydrogens (primary N) is 1. The van der Waals surface area contributed by atoms with Crippen LogP contribution in [0.15, 0.2) is 52.3 Å². The number of rotatable bonds is 5. The zero-order chi connectivity index (χ0) is 21.1. The van der Waals surface area contributed by atoms with E-state index in [-0.39, 0.29) is 10.7 Å². The van der Waals surface area contributed by atoms with E-state index in [9.17, 15) is 27.9 Å². The van der Waals surface area contributed by atoms with E-state index in [0.29, 0.717) is 22.4 Å². The Morgan fingerprint density at radius 1 is 1.11 bits per heavy atom. The van der Waals surface area contributed by atoms with Gasteiger partial charge in [-0.15, -0.1) is 0 Å². The van der Waals surface area contributed by atoms with E-state index < -0.39 is 23.7 Å². The minimum Gasteiger partial charge on any atom is -0.373 e. The molecular weight excluding hydrogens is 419 g/mol. The second kappa shape index (κ2) is 8.29. The average Bonchev–Trinajstić information content (AvgIpc) is 2.57. The van der Waals surface area contributed by atoms with Crippen molar-refractivity contribution in [2.24, 2.45) is 5.73 Å². The number of anilines is 2. The van der Waals surface area contributed by atoms with Crippen molar-refractivity contribution in [3.05, 3.63) is 47.5 Å². The number of nitrogens with one attached hydrogen (secondary N) is 2. The van der Waals surface area contributed by atoms with E-state index >= 15 is 0 Å². The van der Waals surface area contributed by atoms with Gasteiger partial charge in [0.25, 0.3) is 5.91 Å². The van der Waals surface area contributed by atoms with Gasteiger partial charge in [0.15, 0.2) is 0 Å². The molecule has 0 aliphatic carbocycles. The molecule has 1 atom stereocenters. The molecule has 0 radical (unpaired) electrons. The molecule has 11 heteroatoms. The van der Waals surface area contributed by atoms with Crippen LogP contribution in [0.3, 0.4) is 0 Å². The van der Waals surface area contributed by atoms with Crippen LogP contribution in [0.1, 0.15) is 6.92 Å². The predicted octanol–water partition coefficient (Wildman–Crippen LogP) is 4.23. The molecule has 0 heterocycles. The number of carbonyl (C=O) groups excluding carboxylic acids is 2. The third-order valence-corrected chi connectivity index (χ3v) is 4.93. The Hall–Kier alpha value is -2.43. The zero-order valence-electron chi connectivity index (χ0n) is 14.3. The van der Waals surface area contributed by atoms with Crippen molar-refractivity contribution in [3.8, 4) is 0 Å². The van der Waals surface area contributed by atoms with Gasteiger partial charge in [-0.05, 0) is 37.3 Å². The molecule has 5 N–H and O–H groups in total. The van der Waals surface area contributed by atoms with E-state index in [1.165, 1.54) is 30.0 Å². The van der Waals surface area contributed by atoms with Gasteiger partial charge in [-0.3, -0.25) is 4.79 Å². The lowest BCUT2D eigenvalue weighted by Gasteiger charge is -2.25. The lowest BCUT2D eigenvalue weighted by Crippen LogP contribution is -2.52. The van der Waals surface area contributed by atoms with Crippen LogP contribution in [0, 0.1) is 0 Å². The van der Waals surface area contributed by atoms with Crippen LogP contribution < -0.4 is 16.4 Å². The number of aliphatic hydroxyl groups is 1. The summed E-state index contributed by atoms with van der Waals surface area (Å²) in [5.41, 5.74) is 1.93. The van der Waals surface area contributed by atoms with Crippen LogP contribution >= 0.6 is 23.4 Å². The van der Waals surface area contributed by atoms with Crippen LogP contribution in [0.5, 0.6) is 0 Å². The van der Waals surface area contributed by atoms with E-state index in [2.05, 4.69) is 5.32 Å². The highest BCUT2D eigenvalue weighted by atomic mass is 35.5. The van der Waals surface area contributed by atoms with Crippen molar-refractivity contribution in [1.29, 1.82) is 0 Å². The highest BCUT2D eigenvalue weighted by molar-refractivity contribution is 7.99. The van der Waals surface area contributed by atoms with Gasteiger partial charge in [-0.25, -0.2) is 4.79 Å². The van der Waals surface area contributed by atoms with Gasteiger partial charge in [0.2, 0.25) is 5.60 Å². The summed E-state index contributed by atoms with van der Waals surface area (Å²) in [5.74, 6) is -1.65. The van der Waals surface area contributed by atoms with Crippen LogP contribution in [0.4, 0.5) is 29.3 Å². The third kappa shape index (κ3) is 5.09. The van der Waals surface area contributed by atoms with E-state index in [1.807, 2.05) is 5.32 Å². The number of amides is 3. The van der Waals surface area contributed by atoms with Gasteiger partial charge in [0.1, 0.15) is 0 Å². The highest BCUT2D eigenvalue weighted by Gasteiger charge is 2.55. The van der Waals surface area contributed by atoms with Crippen molar-refractivity contribution in [1.82, 2.24) is 0 Å². The normalized spacial score (nSPS) is 13.5. The largest absolute Gasteiger partial charge is 0.426 e. The molecule has 0 aromatic heterocycles. The molecule has 2 aromatic carbocycles. The maximum Gasteiger partial charge on any atom is 0.426 e. The summed E-state index contributed by atoms with van der Waals surface area (Å²) in [4.78, 5) is 24.1. The molecule has 0 saturated heterocycles. The number of hydrogen-bond donors (Lipinski definition) is 4. The molecule has 2 rings (SSSR count). The smallest absolute Gasteiger partial charge is 0.373 e. The fourth-order valence-electron chi connectivity index (χ4n) is 1.95. The van der Waals surface area contributed by atoms with Crippen molar-refractivity contribution in [2.75, 3.05) is 10.6 Å². The molecule has 1 unspecified atom stereocenters. The summed E-state index contributed by atoms with van der Waals surface area (Å²) in [6.07, 6.45) is -5.14. The van der Waals surface area contributed by atoms with Gasteiger partial charge in [-0.1, -0.05) is 35.5 Å². The number of hydrogen-bond acceptors (Lipinski definition) is 4. The van der Waals surface area contributed by atoms with E-state index in [0.717, 1.165) is 0 Å². The number of para-hydroxylation sites is 1. The maximum absolute atomic E-state index is 12.7. The van der Waals surface area contributed by atoms with Gasteiger partial charge >= 0.3 is 12.2 Å². The van der Waals surface area contributed by atoms with Crippen molar-refractivity contribution in [3.63, 3.8) is 0 Å². The molecule has 0 aliphatic heterocycles. The molecule has 150 valence electrons. The van der Waals surface area contributed by atoms with Gasteiger partial charge in [0.05, 0.1) is 16.4 Å². The zero-order valence-corrected chi connectivity index (χ0v) is 15.9. The molecule has 0 spiro atoms. The lowest BCUT2D eigenvalue weighted by atomic mass is 10.1. The van der Waals surface area contributed by atoms with Crippen LogP contribution in [0.2, 0.25) is 5.02 Å². The second-order valence-electron chi connectivity index (χ2n) is 5.75. The first-order chi connectivity index (χ1) is 12.9. The average molecular weight is 434 g/mol. The minimum absolute atomic E-state index is 0.0309.